The molecule has 0 saturated carbocycles. The average Bonchev–Trinajstić information content (AvgIpc) is 2.82. The Hall–Kier alpha value is -3.12. The topological polar surface area (TPSA) is 0 Å². The van der Waals surface area contributed by atoms with E-state index in [9.17, 15) is 0 Å². The molecule has 0 aromatic heterocycles. The Kier molecular flexibility index (Phi) is 8.47. The van der Waals surface area contributed by atoms with Crippen molar-refractivity contribution in [3.05, 3.63) is 140 Å². The first-order valence-electron chi connectivity index (χ1n) is 13.6. The minimum atomic E-state index is 1.10. The summed E-state index contributed by atoms with van der Waals surface area (Å²) in [6.07, 6.45) is 6.59. The van der Waals surface area contributed by atoms with Crippen molar-refractivity contribution in [1.29, 1.82) is 0 Å². The van der Waals surface area contributed by atoms with Crippen molar-refractivity contribution < 1.29 is 0 Å². The van der Waals surface area contributed by atoms with Gasteiger partial charge >= 0.3 is 0 Å². The molecule has 36 heavy (non-hydrogen) atoms. The second-order valence-electron chi connectivity index (χ2n) is 10.9. The molecule has 0 bridgehead atoms. The summed E-state index contributed by atoms with van der Waals surface area (Å²) in [6.45, 7) is 13.3. The zero-order valence-corrected chi connectivity index (χ0v) is 23.2. The zero-order valence-electron chi connectivity index (χ0n) is 23.2. The van der Waals surface area contributed by atoms with Crippen LogP contribution in [0.15, 0.2) is 72.8 Å². The molecule has 0 amide bonds. The Balaban J connectivity index is 1.54. The van der Waals surface area contributed by atoms with Crippen LogP contribution in [0.5, 0.6) is 0 Å². The lowest BCUT2D eigenvalue weighted by molar-refractivity contribution is 0.895. The quantitative estimate of drug-likeness (QED) is 0.227. The predicted molar refractivity (Wildman–Crippen MR) is 156 cm³/mol. The molecule has 0 heterocycles. The number of benzene rings is 4. The number of rotatable bonds is 9. The molecule has 0 radical (unpaired) electrons. The van der Waals surface area contributed by atoms with Gasteiger partial charge in [-0.25, -0.2) is 0 Å². The van der Waals surface area contributed by atoms with Crippen molar-refractivity contribution in [3.63, 3.8) is 0 Å². The second-order valence-corrected chi connectivity index (χ2v) is 10.9. The van der Waals surface area contributed by atoms with Crippen LogP contribution >= 0.6 is 0 Å². The Labute approximate surface area is 219 Å². The fraction of sp³-hybridized carbons (Fsp3) is 0.333. The Morgan fingerprint density at radius 2 is 0.611 bits per heavy atom. The lowest BCUT2D eigenvalue weighted by atomic mass is 9.92. The summed E-state index contributed by atoms with van der Waals surface area (Å²) in [5, 5.41) is 0. The molecule has 0 aliphatic carbocycles. The highest BCUT2D eigenvalue weighted by molar-refractivity contribution is 5.37. The van der Waals surface area contributed by atoms with E-state index in [4.69, 9.17) is 0 Å². The predicted octanol–water partition coefficient (Wildman–Crippen LogP) is 8.89. The molecule has 0 N–H and O–H groups in total. The third-order valence-corrected chi connectivity index (χ3v) is 7.66. The van der Waals surface area contributed by atoms with Gasteiger partial charge < -0.3 is 0 Å². The Bertz CT molecular complexity index is 1160. The third-order valence-electron chi connectivity index (χ3n) is 7.66. The van der Waals surface area contributed by atoms with Gasteiger partial charge in [-0.15, -0.1) is 0 Å². The van der Waals surface area contributed by atoms with E-state index in [1.807, 2.05) is 0 Å². The third kappa shape index (κ3) is 6.97. The van der Waals surface area contributed by atoms with Gasteiger partial charge in [0.1, 0.15) is 0 Å². The van der Waals surface area contributed by atoms with Gasteiger partial charge in [-0.2, -0.15) is 0 Å². The average molecular weight is 475 g/mol. The first-order valence-corrected chi connectivity index (χ1v) is 13.6. The highest BCUT2D eigenvalue weighted by Gasteiger charge is 2.08. The lowest BCUT2D eigenvalue weighted by Gasteiger charge is -2.13. The van der Waals surface area contributed by atoms with Gasteiger partial charge in [0.2, 0.25) is 0 Å². The smallest absolute Gasteiger partial charge is 0.0236 e. The maximum atomic E-state index is 2.47. The summed E-state index contributed by atoms with van der Waals surface area (Å²) in [5.74, 6) is 0. The van der Waals surface area contributed by atoms with Crippen LogP contribution in [-0.4, -0.2) is 0 Å². The molecule has 4 aromatic rings. The molecule has 0 unspecified atom stereocenters. The summed E-state index contributed by atoms with van der Waals surface area (Å²) in [5.41, 5.74) is 17.1. The van der Waals surface area contributed by atoms with Crippen molar-refractivity contribution in [2.75, 3.05) is 0 Å². The summed E-state index contributed by atoms with van der Waals surface area (Å²) in [6, 6.07) is 28.0. The minimum Gasteiger partial charge on any atom is -0.0590 e. The van der Waals surface area contributed by atoms with Crippen molar-refractivity contribution >= 4 is 0 Å². The fourth-order valence-corrected chi connectivity index (χ4v) is 5.49. The van der Waals surface area contributed by atoms with Gasteiger partial charge in [0.25, 0.3) is 0 Å². The van der Waals surface area contributed by atoms with Crippen molar-refractivity contribution in [1.82, 2.24) is 0 Å². The number of hydrogen-bond acceptors (Lipinski definition) is 0. The summed E-state index contributed by atoms with van der Waals surface area (Å²) in [4.78, 5) is 0. The van der Waals surface area contributed by atoms with Gasteiger partial charge in [0.05, 0.1) is 0 Å². The molecular formula is C36H42. The Morgan fingerprint density at radius 3 is 0.861 bits per heavy atom. The van der Waals surface area contributed by atoms with E-state index in [1.54, 1.807) is 0 Å². The molecule has 186 valence electrons. The maximum Gasteiger partial charge on any atom is -0.0236 e. The van der Waals surface area contributed by atoms with Crippen LogP contribution in [0.25, 0.3) is 0 Å². The first kappa shape index (κ1) is 26.0. The monoisotopic (exact) mass is 474 g/mol. The van der Waals surface area contributed by atoms with Gasteiger partial charge in [-0.1, -0.05) is 89.5 Å². The molecule has 0 saturated heterocycles. The van der Waals surface area contributed by atoms with Crippen LogP contribution in [-0.2, 0) is 38.5 Å². The molecule has 0 nitrogen and oxygen atoms in total. The van der Waals surface area contributed by atoms with Gasteiger partial charge in [-0.05, 0) is 130 Å². The van der Waals surface area contributed by atoms with Crippen molar-refractivity contribution in [2.24, 2.45) is 0 Å². The minimum absolute atomic E-state index is 1.10. The van der Waals surface area contributed by atoms with E-state index >= 15 is 0 Å². The molecule has 4 rings (SSSR count). The highest BCUT2D eigenvalue weighted by Crippen LogP contribution is 2.21. The molecule has 0 aliphatic heterocycles. The zero-order chi connectivity index (χ0) is 25.7. The van der Waals surface area contributed by atoms with E-state index in [2.05, 4.69) is 114 Å². The lowest BCUT2D eigenvalue weighted by Crippen LogP contribution is -2.01. The summed E-state index contributed by atoms with van der Waals surface area (Å²) >= 11 is 0. The number of aryl methyl sites for hydroxylation is 12. The van der Waals surface area contributed by atoms with Crippen molar-refractivity contribution in [3.8, 4) is 0 Å². The molecule has 0 aliphatic rings. The molecule has 4 aromatic carbocycles. The number of hydrogen-bond donors (Lipinski definition) is 0. The Morgan fingerprint density at radius 1 is 0.333 bits per heavy atom. The van der Waals surface area contributed by atoms with E-state index < -0.39 is 0 Å². The molecule has 0 heteroatoms. The largest absolute Gasteiger partial charge is 0.0590 e. The van der Waals surface area contributed by atoms with Crippen LogP contribution in [0.2, 0.25) is 0 Å². The van der Waals surface area contributed by atoms with Gasteiger partial charge in [0, 0.05) is 0 Å². The molecular weight excluding hydrogens is 432 g/mol. The van der Waals surface area contributed by atoms with Crippen LogP contribution in [0.3, 0.4) is 0 Å². The first-order chi connectivity index (χ1) is 17.3. The van der Waals surface area contributed by atoms with Crippen LogP contribution in [0, 0.1) is 41.5 Å². The van der Waals surface area contributed by atoms with Crippen LogP contribution in [0.1, 0.15) is 66.8 Å². The maximum absolute atomic E-state index is 2.47. The van der Waals surface area contributed by atoms with E-state index in [1.165, 1.54) is 66.8 Å². The van der Waals surface area contributed by atoms with Gasteiger partial charge in [-0.3, -0.25) is 0 Å². The SMILES string of the molecule is Cc1ccc(CCc2cc(CCc3ccc(C)cc3C)cc(CCc3ccc(C)cc3C)c2)c(C)c1. The van der Waals surface area contributed by atoms with E-state index in [0.29, 0.717) is 0 Å². The van der Waals surface area contributed by atoms with Gasteiger partial charge in [0.15, 0.2) is 0 Å². The molecule has 0 atom stereocenters. The molecule has 0 spiro atoms. The van der Waals surface area contributed by atoms with E-state index in [0.717, 1.165) is 38.5 Å². The standard InChI is InChI=1S/C36H42/c1-25-7-13-34(28(4)19-25)16-10-31-22-32(11-17-35-14-8-26(2)20-29(35)5)24-33(23-31)12-18-36-15-9-27(3)21-30(36)6/h7-9,13-15,19-24H,10-12,16-18H2,1-6H3. The summed E-state index contributed by atoms with van der Waals surface area (Å²) in [7, 11) is 0. The van der Waals surface area contributed by atoms with Crippen LogP contribution in [0.4, 0.5) is 0 Å². The van der Waals surface area contributed by atoms with Crippen molar-refractivity contribution in [2.45, 2.75) is 80.1 Å². The fourth-order valence-electron chi connectivity index (χ4n) is 5.49. The normalized spacial score (nSPS) is 11.2. The van der Waals surface area contributed by atoms with Crippen LogP contribution < -0.4 is 0 Å². The van der Waals surface area contributed by atoms with E-state index in [-0.39, 0.29) is 0 Å². The highest BCUT2D eigenvalue weighted by atomic mass is 14.1. The second kappa shape index (κ2) is 11.7. The summed E-state index contributed by atoms with van der Waals surface area (Å²) < 4.78 is 0. The molecule has 0 fully saturated rings.